The monoisotopic (exact) mass is 412 g/mol. The average molecular weight is 412 g/mol. The van der Waals surface area contributed by atoms with Crippen LogP contribution >= 0.6 is 0 Å². The molecule has 0 aliphatic carbocycles. The number of amides is 1. The lowest BCUT2D eigenvalue weighted by molar-refractivity contribution is -0.274. The lowest BCUT2D eigenvalue weighted by Crippen LogP contribution is -2.19. The van der Waals surface area contributed by atoms with Crippen LogP contribution in [0.1, 0.15) is 21.5 Å². The van der Waals surface area contributed by atoms with Crippen molar-refractivity contribution in [1.29, 1.82) is 5.26 Å². The molecular formula is C22H15F3N2O3. The number of carbonyl (C=O) groups is 1. The number of hydrogen-bond donors (Lipinski definition) is 1. The van der Waals surface area contributed by atoms with Gasteiger partial charge in [0, 0.05) is 11.1 Å². The molecule has 1 N–H and O–H groups in total. The first-order valence-corrected chi connectivity index (χ1v) is 8.73. The number of ether oxygens (including phenoxy) is 2. The number of rotatable bonds is 6. The minimum absolute atomic E-state index is 0.117. The van der Waals surface area contributed by atoms with Crippen LogP contribution in [0.5, 0.6) is 11.5 Å². The first-order chi connectivity index (χ1) is 14.4. The molecule has 0 heterocycles. The molecule has 5 nitrogen and oxygen atoms in total. The summed E-state index contributed by atoms with van der Waals surface area (Å²) in [6.45, 7) is 0.122. The number of hydrogen-bond acceptors (Lipinski definition) is 4. The van der Waals surface area contributed by atoms with Crippen molar-refractivity contribution in [2.75, 3.05) is 5.32 Å². The number of anilines is 1. The van der Waals surface area contributed by atoms with Crippen LogP contribution in [0.4, 0.5) is 18.9 Å². The number of nitriles is 1. The number of halogens is 3. The summed E-state index contributed by atoms with van der Waals surface area (Å²) in [5.74, 6) is -0.773. The van der Waals surface area contributed by atoms with Crippen molar-refractivity contribution < 1.29 is 27.4 Å². The third kappa shape index (κ3) is 5.52. The van der Waals surface area contributed by atoms with Gasteiger partial charge in [-0.1, -0.05) is 36.4 Å². The highest BCUT2D eigenvalue weighted by molar-refractivity contribution is 6.05. The zero-order chi connectivity index (χ0) is 21.6. The smallest absolute Gasteiger partial charge is 0.489 e. The molecule has 0 aliphatic heterocycles. The van der Waals surface area contributed by atoms with Crippen molar-refractivity contribution in [3.8, 4) is 17.6 Å². The molecule has 152 valence electrons. The maximum Gasteiger partial charge on any atom is 0.573 e. The lowest BCUT2D eigenvalue weighted by Gasteiger charge is -2.14. The molecular weight excluding hydrogens is 397 g/mol. The maximum absolute atomic E-state index is 12.5. The Morgan fingerprint density at radius 3 is 2.50 bits per heavy atom. The van der Waals surface area contributed by atoms with Crippen LogP contribution in [-0.4, -0.2) is 12.3 Å². The number of nitrogens with zero attached hydrogens (tertiary/aromatic N) is 1. The van der Waals surface area contributed by atoms with Gasteiger partial charge in [-0.2, -0.15) is 5.26 Å². The number of para-hydroxylation sites is 2. The van der Waals surface area contributed by atoms with E-state index in [0.29, 0.717) is 16.9 Å². The van der Waals surface area contributed by atoms with E-state index >= 15 is 0 Å². The maximum atomic E-state index is 12.5. The Morgan fingerprint density at radius 1 is 1.00 bits per heavy atom. The van der Waals surface area contributed by atoms with Gasteiger partial charge in [-0.3, -0.25) is 4.79 Å². The Morgan fingerprint density at radius 2 is 1.73 bits per heavy atom. The van der Waals surface area contributed by atoms with E-state index in [0.717, 1.165) is 6.07 Å². The number of benzene rings is 3. The molecule has 1 amide bonds. The average Bonchev–Trinajstić information content (AvgIpc) is 2.73. The van der Waals surface area contributed by atoms with Crippen molar-refractivity contribution in [2.24, 2.45) is 0 Å². The van der Waals surface area contributed by atoms with Crippen molar-refractivity contribution in [3.05, 3.63) is 89.5 Å². The summed E-state index contributed by atoms with van der Waals surface area (Å²) in [5.41, 5.74) is 1.23. The molecule has 0 atom stereocenters. The second-order valence-electron chi connectivity index (χ2n) is 6.08. The Labute approximate surface area is 170 Å². The molecule has 0 bridgehead atoms. The molecule has 0 unspecified atom stereocenters. The molecule has 0 aromatic heterocycles. The molecule has 0 aliphatic rings. The summed E-state index contributed by atoms with van der Waals surface area (Å²) in [4.78, 5) is 12.5. The third-order valence-corrected chi connectivity index (χ3v) is 3.99. The normalized spacial score (nSPS) is 10.7. The van der Waals surface area contributed by atoms with Gasteiger partial charge in [0.2, 0.25) is 0 Å². The fourth-order valence-electron chi connectivity index (χ4n) is 2.62. The predicted octanol–water partition coefficient (Wildman–Crippen LogP) is 5.29. The second-order valence-corrected chi connectivity index (χ2v) is 6.08. The van der Waals surface area contributed by atoms with Gasteiger partial charge in [-0.15, -0.1) is 13.2 Å². The van der Waals surface area contributed by atoms with E-state index in [1.165, 1.54) is 30.3 Å². The zero-order valence-electron chi connectivity index (χ0n) is 15.4. The van der Waals surface area contributed by atoms with E-state index in [1.54, 1.807) is 36.4 Å². The number of carbonyl (C=O) groups excluding carboxylic acids is 1. The highest BCUT2D eigenvalue weighted by atomic mass is 19.4. The lowest BCUT2D eigenvalue weighted by atomic mass is 10.1. The highest BCUT2D eigenvalue weighted by Crippen LogP contribution is 2.30. The first-order valence-electron chi connectivity index (χ1n) is 8.73. The van der Waals surface area contributed by atoms with E-state index in [2.05, 4.69) is 16.1 Å². The molecule has 3 aromatic carbocycles. The van der Waals surface area contributed by atoms with Crippen LogP contribution in [0.3, 0.4) is 0 Å². The zero-order valence-corrected chi connectivity index (χ0v) is 15.4. The minimum atomic E-state index is -4.88. The van der Waals surface area contributed by atoms with Crippen LogP contribution < -0.4 is 14.8 Å². The summed E-state index contributed by atoms with van der Waals surface area (Å²) < 4.78 is 47.2. The Balaban J connectivity index is 1.72. The van der Waals surface area contributed by atoms with Gasteiger partial charge < -0.3 is 14.8 Å². The van der Waals surface area contributed by atoms with Gasteiger partial charge in [0.15, 0.2) is 5.75 Å². The number of nitrogens with one attached hydrogen (secondary N) is 1. The van der Waals surface area contributed by atoms with Crippen molar-refractivity contribution in [1.82, 2.24) is 0 Å². The Kier molecular flexibility index (Phi) is 6.23. The predicted molar refractivity (Wildman–Crippen MR) is 103 cm³/mol. The third-order valence-electron chi connectivity index (χ3n) is 3.99. The van der Waals surface area contributed by atoms with Gasteiger partial charge in [-0.25, -0.2) is 0 Å². The summed E-state index contributed by atoms with van der Waals surface area (Å²) >= 11 is 0. The van der Waals surface area contributed by atoms with Crippen LogP contribution in [0.2, 0.25) is 0 Å². The molecule has 0 fully saturated rings. The molecule has 3 aromatic rings. The van der Waals surface area contributed by atoms with Gasteiger partial charge in [0.25, 0.3) is 5.91 Å². The van der Waals surface area contributed by atoms with E-state index in [9.17, 15) is 18.0 Å². The summed E-state index contributed by atoms with van der Waals surface area (Å²) in [6.07, 6.45) is -4.88. The summed E-state index contributed by atoms with van der Waals surface area (Å²) in [7, 11) is 0. The quantitative estimate of drug-likeness (QED) is 0.597. The van der Waals surface area contributed by atoms with Gasteiger partial charge in [0.05, 0.1) is 17.3 Å². The van der Waals surface area contributed by atoms with E-state index in [-0.39, 0.29) is 17.9 Å². The minimum Gasteiger partial charge on any atom is -0.489 e. The molecule has 0 radical (unpaired) electrons. The van der Waals surface area contributed by atoms with E-state index < -0.39 is 18.0 Å². The van der Waals surface area contributed by atoms with Crippen LogP contribution in [0.15, 0.2) is 72.8 Å². The van der Waals surface area contributed by atoms with E-state index in [1.807, 2.05) is 0 Å². The van der Waals surface area contributed by atoms with Crippen molar-refractivity contribution in [2.45, 2.75) is 13.0 Å². The molecule has 8 heteroatoms. The Bertz CT molecular complexity index is 1090. The topological polar surface area (TPSA) is 71.3 Å². The van der Waals surface area contributed by atoms with Gasteiger partial charge in [0.1, 0.15) is 12.4 Å². The first kappa shape index (κ1) is 20.7. The number of alkyl halides is 3. The highest BCUT2D eigenvalue weighted by Gasteiger charge is 2.32. The standard InChI is InChI=1S/C22H15F3N2O3/c23-22(24,25)30-20-11-4-3-10-19(20)27-21(28)15-8-5-9-18(12-15)29-14-17-7-2-1-6-16(17)13-26/h1-12H,14H2,(H,27,28). The molecule has 0 spiro atoms. The van der Waals surface area contributed by atoms with Gasteiger partial charge >= 0.3 is 6.36 Å². The van der Waals surface area contributed by atoms with Crippen LogP contribution in [0.25, 0.3) is 0 Å². The molecule has 0 saturated heterocycles. The van der Waals surface area contributed by atoms with Crippen LogP contribution in [0, 0.1) is 11.3 Å². The second kappa shape index (κ2) is 9.01. The molecule has 30 heavy (non-hydrogen) atoms. The fraction of sp³-hybridized carbons (Fsp3) is 0.0909. The van der Waals surface area contributed by atoms with E-state index in [4.69, 9.17) is 10.00 Å². The fourth-order valence-corrected chi connectivity index (χ4v) is 2.62. The summed E-state index contributed by atoms with van der Waals surface area (Å²) in [6, 6.07) is 20.4. The largest absolute Gasteiger partial charge is 0.573 e. The van der Waals surface area contributed by atoms with Crippen LogP contribution in [-0.2, 0) is 6.61 Å². The van der Waals surface area contributed by atoms with Gasteiger partial charge in [-0.05, 0) is 36.4 Å². The molecule has 0 saturated carbocycles. The molecule has 3 rings (SSSR count). The Hall–Kier alpha value is -3.99. The van der Waals surface area contributed by atoms with Crippen molar-refractivity contribution >= 4 is 11.6 Å². The SMILES string of the molecule is N#Cc1ccccc1COc1cccc(C(=O)Nc2ccccc2OC(F)(F)F)c1. The summed E-state index contributed by atoms with van der Waals surface area (Å²) in [5, 5.41) is 11.5. The van der Waals surface area contributed by atoms with Crippen molar-refractivity contribution in [3.63, 3.8) is 0 Å².